The van der Waals surface area contributed by atoms with Crippen molar-refractivity contribution in [3.05, 3.63) is 35.4 Å². The molecule has 1 aromatic carbocycles. The number of rotatable bonds is 5. The second-order valence-corrected chi connectivity index (χ2v) is 5.85. The molecule has 19 heavy (non-hydrogen) atoms. The predicted octanol–water partition coefficient (Wildman–Crippen LogP) is 2.56. The Labute approximate surface area is 114 Å². The molecule has 3 rings (SSSR count). The maximum atomic E-state index is 11.2. The summed E-state index contributed by atoms with van der Waals surface area (Å²) in [6.07, 6.45) is 5.67. The fraction of sp³-hybridized carbons (Fsp3) is 0.562. The Hall–Kier alpha value is -1.35. The summed E-state index contributed by atoms with van der Waals surface area (Å²) in [4.78, 5) is 11.2. The van der Waals surface area contributed by atoms with E-state index in [1.54, 1.807) is 0 Å². The molecule has 3 nitrogen and oxygen atoms in total. The molecule has 2 unspecified atom stereocenters. The van der Waals surface area contributed by atoms with Crippen LogP contribution < -0.4 is 5.32 Å². The van der Waals surface area contributed by atoms with Gasteiger partial charge in [0.25, 0.3) is 0 Å². The normalized spacial score (nSPS) is 23.7. The molecule has 0 aromatic heterocycles. The smallest absolute Gasteiger partial charge is 0.320 e. The zero-order valence-electron chi connectivity index (χ0n) is 11.1. The number of fused-ring (bicyclic) bond motifs is 1. The highest BCUT2D eigenvalue weighted by Gasteiger charge is 2.36. The van der Waals surface area contributed by atoms with Crippen molar-refractivity contribution in [2.45, 2.75) is 44.1 Å². The van der Waals surface area contributed by atoms with Crippen LogP contribution in [-0.2, 0) is 11.2 Å². The SMILES string of the molecule is O=C(O)C(NCC1CCCc2ccccc21)C1CC1. The second-order valence-electron chi connectivity index (χ2n) is 5.85. The standard InChI is InChI=1S/C16H21NO2/c18-16(19)15(12-8-9-12)17-10-13-6-3-5-11-4-1-2-7-14(11)13/h1-2,4,7,12-13,15,17H,3,5-6,8-10H2,(H,18,19). The van der Waals surface area contributed by atoms with E-state index >= 15 is 0 Å². The molecule has 0 radical (unpaired) electrons. The highest BCUT2D eigenvalue weighted by atomic mass is 16.4. The first-order chi connectivity index (χ1) is 9.25. The third-order valence-electron chi connectivity index (χ3n) is 4.44. The number of benzene rings is 1. The van der Waals surface area contributed by atoms with Crippen molar-refractivity contribution in [3.63, 3.8) is 0 Å². The van der Waals surface area contributed by atoms with Crippen LogP contribution in [0.3, 0.4) is 0 Å². The molecule has 2 atom stereocenters. The van der Waals surface area contributed by atoms with E-state index in [0.717, 1.165) is 25.8 Å². The maximum Gasteiger partial charge on any atom is 0.320 e. The minimum Gasteiger partial charge on any atom is -0.480 e. The van der Waals surface area contributed by atoms with Crippen molar-refractivity contribution in [1.82, 2.24) is 5.32 Å². The van der Waals surface area contributed by atoms with E-state index in [2.05, 4.69) is 29.6 Å². The van der Waals surface area contributed by atoms with Crippen molar-refractivity contribution >= 4 is 5.97 Å². The van der Waals surface area contributed by atoms with Crippen molar-refractivity contribution < 1.29 is 9.90 Å². The quantitative estimate of drug-likeness (QED) is 0.854. The zero-order chi connectivity index (χ0) is 13.2. The van der Waals surface area contributed by atoms with Gasteiger partial charge in [0.15, 0.2) is 0 Å². The van der Waals surface area contributed by atoms with Gasteiger partial charge >= 0.3 is 5.97 Å². The molecule has 1 saturated carbocycles. The molecule has 0 amide bonds. The number of hydrogen-bond donors (Lipinski definition) is 2. The average Bonchev–Trinajstić information content (AvgIpc) is 3.23. The van der Waals surface area contributed by atoms with E-state index in [4.69, 9.17) is 0 Å². The van der Waals surface area contributed by atoms with Crippen LogP contribution in [0.1, 0.15) is 42.7 Å². The molecule has 3 heteroatoms. The van der Waals surface area contributed by atoms with Crippen molar-refractivity contribution in [2.24, 2.45) is 5.92 Å². The lowest BCUT2D eigenvalue weighted by molar-refractivity contribution is -0.140. The third kappa shape index (κ3) is 2.81. The van der Waals surface area contributed by atoms with Crippen LogP contribution in [0, 0.1) is 5.92 Å². The number of carbonyl (C=O) groups is 1. The number of aryl methyl sites for hydroxylation is 1. The largest absolute Gasteiger partial charge is 0.480 e. The summed E-state index contributed by atoms with van der Waals surface area (Å²) in [6, 6.07) is 8.25. The molecule has 0 spiro atoms. The number of nitrogens with one attached hydrogen (secondary N) is 1. The van der Waals surface area contributed by atoms with Gasteiger partial charge in [0.2, 0.25) is 0 Å². The first kappa shape index (κ1) is 12.7. The summed E-state index contributed by atoms with van der Waals surface area (Å²) in [5, 5.41) is 12.5. The van der Waals surface area contributed by atoms with Gasteiger partial charge in [0.1, 0.15) is 6.04 Å². The van der Waals surface area contributed by atoms with E-state index in [1.165, 1.54) is 24.0 Å². The van der Waals surface area contributed by atoms with Gasteiger partial charge in [-0.15, -0.1) is 0 Å². The summed E-state index contributed by atoms with van der Waals surface area (Å²) in [6.45, 7) is 0.796. The van der Waals surface area contributed by atoms with Crippen molar-refractivity contribution in [1.29, 1.82) is 0 Å². The fourth-order valence-corrected chi connectivity index (χ4v) is 3.22. The van der Waals surface area contributed by atoms with Crippen LogP contribution in [0.15, 0.2) is 24.3 Å². The topological polar surface area (TPSA) is 49.3 Å². The van der Waals surface area contributed by atoms with Crippen LogP contribution in [-0.4, -0.2) is 23.7 Å². The minimum absolute atomic E-state index is 0.339. The highest BCUT2D eigenvalue weighted by Crippen LogP contribution is 2.34. The fourth-order valence-electron chi connectivity index (χ4n) is 3.22. The number of hydrogen-bond acceptors (Lipinski definition) is 2. The molecule has 0 heterocycles. The Kier molecular flexibility index (Phi) is 3.56. The lowest BCUT2D eigenvalue weighted by atomic mass is 9.82. The second kappa shape index (κ2) is 5.33. The minimum atomic E-state index is -0.688. The van der Waals surface area contributed by atoms with Crippen LogP contribution in [0.25, 0.3) is 0 Å². The van der Waals surface area contributed by atoms with E-state index in [0.29, 0.717) is 11.8 Å². The molecule has 2 aliphatic carbocycles. The summed E-state index contributed by atoms with van der Waals surface area (Å²) >= 11 is 0. The van der Waals surface area contributed by atoms with Gasteiger partial charge in [0.05, 0.1) is 0 Å². The molecule has 0 saturated heterocycles. The number of carboxylic acids is 1. The van der Waals surface area contributed by atoms with Crippen LogP contribution in [0.4, 0.5) is 0 Å². The summed E-state index contributed by atoms with van der Waals surface area (Å²) in [7, 11) is 0. The lowest BCUT2D eigenvalue weighted by Crippen LogP contribution is -2.41. The first-order valence-electron chi connectivity index (χ1n) is 7.29. The first-order valence-corrected chi connectivity index (χ1v) is 7.29. The summed E-state index contributed by atoms with van der Waals surface area (Å²) in [5.74, 6) is 0.147. The Morgan fingerprint density at radius 3 is 2.84 bits per heavy atom. The van der Waals surface area contributed by atoms with E-state index in [9.17, 15) is 9.90 Å². The summed E-state index contributed by atoms with van der Waals surface area (Å²) < 4.78 is 0. The molecule has 0 bridgehead atoms. The zero-order valence-corrected chi connectivity index (χ0v) is 11.1. The van der Waals surface area contributed by atoms with E-state index in [-0.39, 0.29) is 6.04 Å². The van der Waals surface area contributed by atoms with Gasteiger partial charge in [-0.1, -0.05) is 24.3 Å². The molecular weight excluding hydrogens is 238 g/mol. The number of aliphatic carboxylic acids is 1. The molecule has 102 valence electrons. The monoisotopic (exact) mass is 259 g/mol. The van der Waals surface area contributed by atoms with E-state index < -0.39 is 5.97 Å². The highest BCUT2D eigenvalue weighted by molar-refractivity contribution is 5.74. The Morgan fingerprint density at radius 1 is 1.32 bits per heavy atom. The Balaban J connectivity index is 1.66. The maximum absolute atomic E-state index is 11.2. The van der Waals surface area contributed by atoms with Crippen molar-refractivity contribution in [3.8, 4) is 0 Å². The summed E-state index contributed by atoms with van der Waals surface area (Å²) in [5.41, 5.74) is 2.86. The van der Waals surface area contributed by atoms with Gasteiger partial charge in [-0.2, -0.15) is 0 Å². The third-order valence-corrected chi connectivity index (χ3v) is 4.44. The predicted molar refractivity (Wildman–Crippen MR) is 74.3 cm³/mol. The lowest BCUT2D eigenvalue weighted by Gasteiger charge is -2.27. The van der Waals surface area contributed by atoms with Crippen molar-refractivity contribution in [2.75, 3.05) is 6.54 Å². The van der Waals surface area contributed by atoms with Gasteiger partial charge in [0, 0.05) is 6.54 Å². The van der Waals surface area contributed by atoms with Crippen LogP contribution >= 0.6 is 0 Å². The molecule has 1 aromatic rings. The molecule has 2 aliphatic rings. The van der Waals surface area contributed by atoms with Gasteiger partial charge in [-0.3, -0.25) is 4.79 Å². The Morgan fingerprint density at radius 2 is 2.11 bits per heavy atom. The average molecular weight is 259 g/mol. The molecular formula is C16H21NO2. The van der Waals surface area contributed by atoms with Gasteiger partial charge in [-0.25, -0.2) is 0 Å². The molecule has 0 aliphatic heterocycles. The van der Waals surface area contributed by atoms with Gasteiger partial charge in [-0.05, 0) is 55.1 Å². The van der Waals surface area contributed by atoms with Crippen LogP contribution in [0.5, 0.6) is 0 Å². The van der Waals surface area contributed by atoms with Gasteiger partial charge < -0.3 is 10.4 Å². The molecule has 1 fully saturated rings. The molecule has 2 N–H and O–H groups in total. The van der Waals surface area contributed by atoms with E-state index in [1.807, 2.05) is 0 Å². The van der Waals surface area contributed by atoms with Crippen LogP contribution in [0.2, 0.25) is 0 Å². The number of carboxylic acid groups (broad SMARTS) is 1. The Bertz CT molecular complexity index is 468.